The number of thiophene rings is 1. The van der Waals surface area contributed by atoms with Gasteiger partial charge in [0.05, 0.1) is 6.54 Å². The average Bonchev–Trinajstić information content (AvgIpc) is 3.04. The van der Waals surface area contributed by atoms with Gasteiger partial charge in [-0.3, -0.25) is 4.68 Å². The predicted octanol–water partition coefficient (Wildman–Crippen LogP) is 1.13. The van der Waals surface area contributed by atoms with E-state index in [2.05, 4.69) is 37.2 Å². The zero-order valence-electron chi connectivity index (χ0n) is 11.1. The summed E-state index contributed by atoms with van der Waals surface area (Å²) in [6.45, 7) is 4.17. The van der Waals surface area contributed by atoms with Crippen molar-refractivity contribution in [3.05, 3.63) is 34.5 Å². The maximum Gasteiger partial charge on any atom is 0.191 e. The van der Waals surface area contributed by atoms with E-state index >= 15 is 0 Å². The van der Waals surface area contributed by atoms with Crippen molar-refractivity contribution in [3.8, 4) is 0 Å². The molecule has 2 heterocycles. The summed E-state index contributed by atoms with van der Waals surface area (Å²) in [5.41, 5.74) is 0. The SMILES string of the molecule is CCNC(=NCc1ncnn1C)NCc1cccs1. The van der Waals surface area contributed by atoms with Gasteiger partial charge in [-0.05, 0) is 18.4 Å². The number of rotatable bonds is 5. The second-order valence-corrected chi connectivity index (χ2v) is 4.96. The fourth-order valence-corrected chi connectivity index (χ4v) is 2.18. The molecule has 102 valence electrons. The number of nitrogens with one attached hydrogen (secondary N) is 2. The van der Waals surface area contributed by atoms with Crippen LogP contribution in [0.15, 0.2) is 28.8 Å². The number of guanidine groups is 1. The summed E-state index contributed by atoms with van der Waals surface area (Å²) in [6.07, 6.45) is 1.54. The molecule has 0 bridgehead atoms. The van der Waals surface area contributed by atoms with E-state index in [-0.39, 0.29) is 0 Å². The number of aryl methyl sites for hydroxylation is 1. The summed E-state index contributed by atoms with van der Waals surface area (Å²) >= 11 is 1.73. The van der Waals surface area contributed by atoms with E-state index < -0.39 is 0 Å². The Balaban J connectivity index is 1.93. The lowest BCUT2D eigenvalue weighted by molar-refractivity contribution is 0.697. The van der Waals surface area contributed by atoms with Crippen molar-refractivity contribution in [1.29, 1.82) is 0 Å². The molecule has 0 saturated carbocycles. The lowest BCUT2D eigenvalue weighted by atomic mass is 10.4. The van der Waals surface area contributed by atoms with Crippen molar-refractivity contribution in [2.75, 3.05) is 6.54 Å². The molecular weight excluding hydrogens is 260 g/mol. The lowest BCUT2D eigenvalue weighted by Gasteiger charge is -2.10. The van der Waals surface area contributed by atoms with Gasteiger partial charge in [0.25, 0.3) is 0 Å². The summed E-state index contributed by atoms with van der Waals surface area (Å²) in [6, 6.07) is 4.15. The van der Waals surface area contributed by atoms with Crippen LogP contribution in [0, 0.1) is 0 Å². The Hall–Kier alpha value is -1.89. The highest BCUT2D eigenvalue weighted by atomic mass is 32.1. The predicted molar refractivity (Wildman–Crippen MR) is 77.0 cm³/mol. The molecule has 19 heavy (non-hydrogen) atoms. The van der Waals surface area contributed by atoms with Crippen LogP contribution in [0.5, 0.6) is 0 Å². The minimum absolute atomic E-state index is 0.510. The molecule has 0 unspecified atom stereocenters. The Bertz CT molecular complexity index is 516. The summed E-state index contributed by atoms with van der Waals surface area (Å²) in [7, 11) is 1.86. The third-order valence-electron chi connectivity index (χ3n) is 2.54. The molecule has 0 amide bonds. The van der Waals surface area contributed by atoms with E-state index in [9.17, 15) is 0 Å². The van der Waals surface area contributed by atoms with Crippen LogP contribution in [0.1, 0.15) is 17.6 Å². The number of aromatic nitrogens is 3. The Kier molecular flexibility index (Phi) is 4.91. The molecule has 0 saturated heterocycles. The number of hydrogen-bond donors (Lipinski definition) is 2. The van der Waals surface area contributed by atoms with Crippen molar-refractivity contribution >= 4 is 17.3 Å². The molecule has 6 nitrogen and oxygen atoms in total. The first kappa shape index (κ1) is 13.5. The maximum atomic E-state index is 4.49. The molecule has 0 spiro atoms. The van der Waals surface area contributed by atoms with Gasteiger partial charge >= 0.3 is 0 Å². The number of hydrogen-bond acceptors (Lipinski definition) is 4. The minimum atomic E-state index is 0.510. The van der Waals surface area contributed by atoms with Crippen LogP contribution in [0.4, 0.5) is 0 Å². The largest absolute Gasteiger partial charge is 0.357 e. The second kappa shape index (κ2) is 6.89. The Morgan fingerprint density at radius 3 is 3.00 bits per heavy atom. The van der Waals surface area contributed by atoms with E-state index in [1.54, 1.807) is 16.0 Å². The van der Waals surface area contributed by atoms with Gasteiger partial charge in [0.15, 0.2) is 5.96 Å². The first-order chi connectivity index (χ1) is 9.29. The molecule has 7 heteroatoms. The Labute approximate surface area is 116 Å². The van der Waals surface area contributed by atoms with Crippen molar-refractivity contribution in [1.82, 2.24) is 25.4 Å². The maximum absolute atomic E-state index is 4.49. The fourth-order valence-electron chi connectivity index (χ4n) is 1.54. The summed E-state index contributed by atoms with van der Waals surface area (Å²) in [5.74, 6) is 1.63. The highest BCUT2D eigenvalue weighted by molar-refractivity contribution is 7.09. The third-order valence-corrected chi connectivity index (χ3v) is 3.41. The Morgan fingerprint density at radius 2 is 2.37 bits per heavy atom. The molecule has 0 atom stereocenters. The average molecular weight is 278 g/mol. The smallest absolute Gasteiger partial charge is 0.191 e. The van der Waals surface area contributed by atoms with Crippen LogP contribution in [-0.4, -0.2) is 27.3 Å². The molecular formula is C12H18N6S. The standard InChI is InChI=1S/C12H18N6S/c1-3-13-12(14-7-10-5-4-6-19-10)15-8-11-16-9-17-18(11)2/h4-6,9H,3,7-8H2,1-2H3,(H2,13,14,15). The number of nitrogens with zero attached hydrogens (tertiary/aromatic N) is 4. The van der Waals surface area contributed by atoms with Gasteiger partial charge in [-0.1, -0.05) is 6.07 Å². The van der Waals surface area contributed by atoms with Crippen molar-refractivity contribution in [2.24, 2.45) is 12.0 Å². The molecule has 0 aliphatic carbocycles. The molecule has 0 aromatic carbocycles. The molecule has 2 aromatic heterocycles. The monoisotopic (exact) mass is 278 g/mol. The molecule has 2 N–H and O–H groups in total. The van der Waals surface area contributed by atoms with Gasteiger partial charge < -0.3 is 10.6 Å². The van der Waals surface area contributed by atoms with E-state index in [0.29, 0.717) is 6.54 Å². The van der Waals surface area contributed by atoms with E-state index in [0.717, 1.165) is 24.9 Å². The number of aliphatic imine (C=N–C) groups is 1. The first-order valence-corrected chi connectivity index (χ1v) is 7.05. The minimum Gasteiger partial charge on any atom is -0.357 e. The first-order valence-electron chi connectivity index (χ1n) is 6.17. The van der Waals surface area contributed by atoms with E-state index in [1.807, 2.05) is 20.0 Å². The van der Waals surface area contributed by atoms with Crippen molar-refractivity contribution in [2.45, 2.75) is 20.0 Å². The van der Waals surface area contributed by atoms with Gasteiger partial charge in [0, 0.05) is 18.5 Å². The van der Waals surface area contributed by atoms with Crippen LogP contribution in [0.3, 0.4) is 0 Å². The molecule has 0 aliphatic rings. The highest BCUT2D eigenvalue weighted by Crippen LogP contribution is 2.07. The van der Waals surface area contributed by atoms with Gasteiger partial charge in [-0.2, -0.15) is 5.10 Å². The fraction of sp³-hybridized carbons (Fsp3) is 0.417. The highest BCUT2D eigenvalue weighted by Gasteiger charge is 2.01. The zero-order chi connectivity index (χ0) is 13.5. The molecule has 2 rings (SSSR count). The quantitative estimate of drug-likeness (QED) is 0.635. The third kappa shape index (κ3) is 4.06. The van der Waals surface area contributed by atoms with Gasteiger partial charge in [-0.15, -0.1) is 11.3 Å². The van der Waals surface area contributed by atoms with Crippen LogP contribution >= 0.6 is 11.3 Å². The van der Waals surface area contributed by atoms with Gasteiger partial charge in [0.2, 0.25) is 0 Å². The Morgan fingerprint density at radius 1 is 1.47 bits per heavy atom. The topological polar surface area (TPSA) is 67.1 Å². The zero-order valence-corrected chi connectivity index (χ0v) is 11.9. The lowest BCUT2D eigenvalue weighted by Crippen LogP contribution is -2.36. The molecule has 0 aliphatic heterocycles. The molecule has 0 radical (unpaired) electrons. The molecule has 0 fully saturated rings. The van der Waals surface area contributed by atoms with Gasteiger partial charge in [-0.25, -0.2) is 9.98 Å². The normalized spacial score (nSPS) is 11.6. The van der Waals surface area contributed by atoms with Crippen molar-refractivity contribution in [3.63, 3.8) is 0 Å². The summed E-state index contributed by atoms with van der Waals surface area (Å²) < 4.78 is 1.73. The van der Waals surface area contributed by atoms with E-state index in [1.165, 1.54) is 11.2 Å². The van der Waals surface area contributed by atoms with Gasteiger partial charge in [0.1, 0.15) is 18.7 Å². The summed E-state index contributed by atoms with van der Waals surface area (Å²) in [5, 5.41) is 12.6. The summed E-state index contributed by atoms with van der Waals surface area (Å²) in [4.78, 5) is 9.92. The van der Waals surface area contributed by atoms with Crippen LogP contribution in [0.25, 0.3) is 0 Å². The van der Waals surface area contributed by atoms with Crippen molar-refractivity contribution < 1.29 is 0 Å². The van der Waals surface area contributed by atoms with Crippen LogP contribution in [-0.2, 0) is 20.1 Å². The van der Waals surface area contributed by atoms with Crippen LogP contribution < -0.4 is 10.6 Å². The second-order valence-electron chi connectivity index (χ2n) is 3.93. The van der Waals surface area contributed by atoms with E-state index in [4.69, 9.17) is 0 Å². The molecule has 2 aromatic rings. The van der Waals surface area contributed by atoms with Crippen LogP contribution in [0.2, 0.25) is 0 Å².